The lowest BCUT2D eigenvalue weighted by atomic mass is 10.2. The zero-order chi connectivity index (χ0) is 14.4. The van der Waals surface area contributed by atoms with E-state index in [0.717, 1.165) is 35.0 Å². The summed E-state index contributed by atoms with van der Waals surface area (Å²) in [5.41, 5.74) is 2.21. The molecule has 2 rings (SSSR count). The van der Waals surface area contributed by atoms with Crippen molar-refractivity contribution in [2.24, 2.45) is 0 Å². The molecule has 0 aliphatic rings. The molecule has 0 fully saturated rings. The number of hydrogen-bond acceptors (Lipinski definition) is 4. The third kappa shape index (κ3) is 3.63. The molecule has 0 aliphatic carbocycles. The number of nitrogens with one attached hydrogen (secondary N) is 1. The van der Waals surface area contributed by atoms with Crippen molar-refractivity contribution in [1.29, 1.82) is 0 Å². The first kappa shape index (κ1) is 14.2. The Bertz CT molecular complexity index is 570. The number of nitrogens with zero attached hydrogens (tertiary/aromatic N) is 1. The number of hydrogen-bond donors (Lipinski definition) is 1. The first-order chi connectivity index (χ1) is 9.72. The second kappa shape index (κ2) is 6.80. The summed E-state index contributed by atoms with van der Waals surface area (Å²) in [5, 5.41) is 3.18. The van der Waals surface area contributed by atoms with Gasteiger partial charge in [-0.2, -0.15) is 0 Å². The molecule has 0 aliphatic heterocycles. The molecule has 2 aromatic rings. The lowest BCUT2D eigenvalue weighted by molar-refractivity contribution is 0.284. The second-order valence-electron chi connectivity index (χ2n) is 4.52. The molecule has 106 valence electrons. The quantitative estimate of drug-likeness (QED) is 0.875. The van der Waals surface area contributed by atoms with Crippen LogP contribution in [-0.4, -0.2) is 18.6 Å². The average molecular weight is 272 g/mol. The van der Waals surface area contributed by atoms with Crippen LogP contribution in [0.2, 0.25) is 0 Å². The van der Waals surface area contributed by atoms with Gasteiger partial charge in [-0.05, 0) is 49.2 Å². The summed E-state index contributed by atoms with van der Waals surface area (Å²) < 4.78 is 11.1. The minimum atomic E-state index is 0.486. The topological polar surface area (TPSA) is 43.4 Å². The van der Waals surface area contributed by atoms with E-state index in [2.05, 4.69) is 10.3 Å². The third-order valence-corrected chi connectivity index (χ3v) is 2.90. The van der Waals surface area contributed by atoms with Crippen LogP contribution < -0.4 is 14.8 Å². The smallest absolute Gasteiger partial charge is 0.161 e. The normalized spacial score (nSPS) is 10.2. The monoisotopic (exact) mass is 272 g/mol. The van der Waals surface area contributed by atoms with Crippen molar-refractivity contribution in [2.45, 2.75) is 20.5 Å². The van der Waals surface area contributed by atoms with Gasteiger partial charge in [-0.25, -0.2) is 4.98 Å². The van der Waals surface area contributed by atoms with E-state index in [-0.39, 0.29) is 0 Å². The largest absolute Gasteiger partial charge is 0.493 e. The van der Waals surface area contributed by atoms with Crippen molar-refractivity contribution in [3.63, 3.8) is 0 Å². The molecule has 0 radical (unpaired) electrons. The lowest BCUT2D eigenvalue weighted by Crippen LogP contribution is -2.02. The van der Waals surface area contributed by atoms with Crippen LogP contribution in [0.5, 0.6) is 11.5 Å². The van der Waals surface area contributed by atoms with E-state index in [0.29, 0.717) is 6.61 Å². The highest BCUT2D eigenvalue weighted by atomic mass is 16.5. The van der Waals surface area contributed by atoms with Gasteiger partial charge in [-0.3, -0.25) is 0 Å². The molecule has 0 spiro atoms. The Morgan fingerprint density at radius 3 is 2.75 bits per heavy atom. The minimum absolute atomic E-state index is 0.486. The number of rotatable bonds is 6. The Labute approximate surface area is 119 Å². The predicted molar refractivity (Wildman–Crippen MR) is 80.5 cm³/mol. The van der Waals surface area contributed by atoms with E-state index in [4.69, 9.17) is 9.47 Å². The van der Waals surface area contributed by atoms with Crippen LogP contribution >= 0.6 is 0 Å². The van der Waals surface area contributed by atoms with Gasteiger partial charge in [0.05, 0.1) is 7.11 Å². The molecule has 0 atom stereocenters. The highest BCUT2D eigenvalue weighted by Gasteiger charge is 2.05. The van der Waals surface area contributed by atoms with Crippen molar-refractivity contribution in [3.8, 4) is 11.5 Å². The van der Waals surface area contributed by atoms with Crippen LogP contribution in [0.3, 0.4) is 0 Å². The zero-order valence-electron chi connectivity index (χ0n) is 12.1. The number of ether oxygens (including phenoxy) is 2. The molecule has 1 N–H and O–H groups in total. The molecule has 4 nitrogen and oxygen atoms in total. The van der Waals surface area contributed by atoms with E-state index < -0.39 is 0 Å². The molecule has 1 heterocycles. The van der Waals surface area contributed by atoms with Gasteiger partial charge >= 0.3 is 0 Å². The third-order valence-electron chi connectivity index (χ3n) is 2.90. The number of aryl methyl sites for hydroxylation is 1. The Hall–Kier alpha value is -2.23. The fourth-order valence-electron chi connectivity index (χ4n) is 1.90. The number of anilines is 1. The van der Waals surface area contributed by atoms with Crippen LogP contribution in [0.4, 0.5) is 5.82 Å². The standard InChI is InChI=1S/C16H20N2O2/c1-4-17-16-10-13(7-8-18-16)11-20-14-6-5-12(2)9-15(14)19-3/h5-10H,4,11H2,1-3H3,(H,17,18). The second-order valence-corrected chi connectivity index (χ2v) is 4.52. The number of pyridine rings is 1. The molecule has 0 amide bonds. The average Bonchev–Trinajstić information content (AvgIpc) is 2.46. The fraction of sp³-hybridized carbons (Fsp3) is 0.312. The Kier molecular flexibility index (Phi) is 4.82. The Balaban J connectivity index is 2.06. The predicted octanol–water partition coefficient (Wildman–Crippen LogP) is 3.41. The highest BCUT2D eigenvalue weighted by molar-refractivity contribution is 5.43. The lowest BCUT2D eigenvalue weighted by Gasteiger charge is -2.12. The fourth-order valence-corrected chi connectivity index (χ4v) is 1.90. The van der Waals surface area contributed by atoms with Crippen molar-refractivity contribution in [1.82, 2.24) is 4.98 Å². The van der Waals surface area contributed by atoms with Gasteiger partial charge in [0.25, 0.3) is 0 Å². The number of methoxy groups -OCH3 is 1. The maximum atomic E-state index is 5.82. The summed E-state index contributed by atoms with van der Waals surface area (Å²) in [5.74, 6) is 2.37. The van der Waals surface area contributed by atoms with Crippen molar-refractivity contribution >= 4 is 5.82 Å². The maximum Gasteiger partial charge on any atom is 0.161 e. The molecule has 0 bridgehead atoms. The summed E-state index contributed by atoms with van der Waals surface area (Å²) in [6, 6.07) is 9.84. The summed E-state index contributed by atoms with van der Waals surface area (Å²) in [4.78, 5) is 4.24. The van der Waals surface area contributed by atoms with Crippen molar-refractivity contribution in [2.75, 3.05) is 19.0 Å². The van der Waals surface area contributed by atoms with Gasteiger partial charge in [-0.15, -0.1) is 0 Å². The first-order valence-electron chi connectivity index (χ1n) is 6.69. The SMILES string of the molecule is CCNc1cc(COc2ccc(C)cc2OC)ccn1. The molecule has 1 aromatic heterocycles. The van der Waals surface area contributed by atoms with E-state index in [1.54, 1.807) is 13.3 Å². The molecular weight excluding hydrogens is 252 g/mol. The van der Waals surface area contributed by atoms with Gasteiger partial charge in [-0.1, -0.05) is 6.07 Å². The van der Waals surface area contributed by atoms with E-state index >= 15 is 0 Å². The van der Waals surface area contributed by atoms with Crippen molar-refractivity contribution in [3.05, 3.63) is 47.7 Å². The first-order valence-corrected chi connectivity index (χ1v) is 6.69. The minimum Gasteiger partial charge on any atom is -0.493 e. The molecule has 0 unspecified atom stereocenters. The van der Waals surface area contributed by atoms with Gasteiger partial charge < -0.3 is 14.8 Å². The summed E-state index contributed by atoms with van der Waals surface area (Å²) >= 11 is 0. The number of aromatic nitrogens is 1. The molecule has 4 heteroatoms. The van der Waals surface area contributed by atoms with Crippen LogP contribution in [-0.2, 0) is 6.61 Å². The van der Waals surface area contributed by atoms with Gasteiger partial charge in [0.1, 0.15) is 12.4 Å². The van der Waals surface area contributed by atoms with E-state index in [1.807, 2.05) is 44.2 Å². The van der Waals surface area contributed by atoms with Crippen LogP contribution in [0, 0.1) is 6.92 Å². The maximum absolute atomic E-state index is 5.82. The van der Waals surface area contributed by atoms with E-state index in [1.165, 1.54) is 0 Å². The summed E-state index contributed by atoms with van der Waals surface area (Å²) in [6.45, 7) is 5.41. The molecule has 0 saturated heterocycles. The molecule has 0 saturated carbocycles. The van der Waals surface area contributed by atoms with E-state index in [9.17, 15) is 0 Å². The Morgan fingerprint density at radius 1 is 1.15 bits per heavy atom. The van der Waals surface area contributed by atoms with Gasteiger partial charge in [0, 0.05) is 12.7 Å². The Morgan fingerprint density at radius 2 is 2.00 bits per heavy atom. The molecular formula is C16H20N2O2. The van der Waals surface area contributed by atoms with Crippen LogP contribution in [0.25, 0.3) is 0 Å². The summed E-state index contributed by atoms with van der Waals surface area (Å²) in [6.07, 6.45) is 1.78. The van der Waals surface area contributed by atoms with Crippen LogP contribution in [0.15, 0.2) is 36.5 Å². The van der Waals surface area contributed by atoms with Crippen LogP contribution in [0.1, 0.15) is 18.1 Å². The number of benzene rings is 1. The van der Waals surface area contributed by atoms with Crippen molar-refractivity contribution < 1.29 is 9.47 Å². The van der Waals surface area contributed by atoms with Gasteiger partial charge in [0.15, 0.2) is 11.5 Å². The highest BCUT2D eigenvalue weighted by Crippen LogP contribution is 2.28. The molecule has 1 aromatic carbocycles. The van der Waals surface area contributed by atoms with Gasteiger partial charge in [0.2, 0.25) is 0 Å². The molecule has 20 heavy (non-hydrogen) atoms. The summed E-state index contributed by atoms with van der Waals surface area (Å²) in [7, 11) is 1.65. The zero-order valence-corrected chi connectivity index (χ0v) is 12.1.